The van der Waals surface area contributed by atoms with E-state index in [9.17, 15) is 4.79 Å². The van der Waals surface area contributed by atoms with Crippen molar-refractivity contribution < 1.29 is 9.53 Å². The van der Waals surface area contributed by atoms with Gasteiger partial charge in [0.25, 0.3) is 5.91 Å². The molecule has 0 aliphatic carbocycles. The number of nitrogens with one attached hydrogen (secondary N) is 1. The van der Waals surface area contributed by atoms with E-state index in [1.165, 1.54) is 11.1 Å². The molecule has 1 aromatic carbocycles. The molecule has 0 saturated carbocycles. The molecule has 1 N–H and O–H groups in total. The number of H-pyrrole nitrogens is 1. The minimum atomic E-state index is 0.0833. The molecule has 1 aliphatic rings. The molecule has 5 nitrogen and oxygen atoms in total. The Hall–Kier alpha value is -1.85. The number of ether oxygens (including phenoxy) is 1. The maximum absolute atomic E-state index is 13.2. The summed E-state index contributed by atoms with van der Waals surface area (Å²) in [4.78, 5) is 20.7. The lowest BCUT2D eigenvalue weighted by Crippen LogP contribution is -2.39. The Morgan fingerprint density at radius 1 is 1.32 bits per heavy atom. The number of rotatable bonds is 3. The smallest absolute Gasteiger partial charge is 0.270 e. The highest BCUT2D eigenvalue weighted by atomic mass is 16.5. The first-order chi connectivity index (χ1) is 11.9. The third-order valence-corrected chi connectivity index (χ3v) is 4.97. The molecule has 0 spiro atoms. The topological polar surface area (TPSA) is 48.6 Å². The highest BCUT2D eigenvalue weighted by Gasteiger charge is 2.26. The number of hydrogen-bond acceptors (Lipinski definition) is 3. The minimum Gasteiger partial charge on any atom is -0.379 e. The Kier molecular flexibility index (Phi) is 5.16. The van der Waals surface area contributed by atoms with Gasteiger partial charge in [-0.05, 0) is 52.1 Å². The zero-order valence-electron chi connectivity index (χ0n) is 16.0. The van der Waals surface area contributed by atoms with Gasteiger partial charge in [0.1, 0.15) is 5.69 Å². The SMILES string of the molecule is Cc1cc(C)c2[nH]c(C(=O)N3CCOC[C@H](CN(C)C)C3)c(C)c2c1. The normalized spacial score (nSPS) is 18.8. The Balaban J connectivity index is 1.90. The minimum absolute atomic E-state index is 0.0833. The fourth-order valence-electron chi connectivity index (χ4n) is 3.85. The van der Waals surface area contributed by atoms with Crippen LogP contribution in [0.15, 0.2) is 12.1 Å². The van der Waals surface area contributed by atoms with Gasteiger partial charge in [0.15, 0.2) is 0 Å². The van der Waals surface area contributed by atoms with Gasteiger partial charge in [0, 0.05) is 36.5 Å². The van der Waals surface area contributed by atoms with E-state index in [1.54, 1.807) is 0 Å². The third kappa shape index (κ3) is 3.72. The predicted octanol–water partition coefficient (Wildman–Crippen LogP) is 2.74. The van der Waals surface area contributed by atoms with Crippen molar-refractivity contribution in [2.45, 2.75) is 20.8 Å². The lowest BCUT2D eigenvalue weighted by molar-refractivity contribution is 0.0729. The molecule has 1 aliphatic heterocycles. The number of nitrogens with zero attached hydrogens (tertiary/aromatic N) is 2. The number of aryl methyl sites for hydroxylation is 3. The molecular weight excluding hydrogens is 314 g/mol. The first-order valence-electron chi connectivity index (χ1n) is 8.98. The summed E-state index contributed by atoms with van der Waals surface area (Å²) in [5.74, 6) is 0.426. The van der Waals surface area contributed by atoms with E-state index < -0.39 is 0 Å². The molecule has 1 amide bonds. The Morgan fingerprint density at radius 3 is 2.80 bits per heavy atom. The Morgan fingerprint density at radius 2 is 2.08 bits per heavy atom. The van der Waals surface area contributed by atoms with Gasteiger partial charge in [-0.25, -0.2) is 0 Å². The molecule has 136 valence electrons. The Bertz CT molecular complexity index is 779. The molecule has 3 rings (SSSR count). The lowest BCUT2D eigenvalue weighted by atomic mass is 10.1. The summed E-state index contributed by atoms with van der Waals surface area (Å²) in [5, 5.41) is 1.15. The molecule has 2 heterocycles. The molecular formula is C20H29N3O2. The van der Waals surface area contributed by atoms with E-state index in [2.05, 4.69) is 50.0 Å². The second-order valence-corrected chi connectivity index (χ2v) is 7.58. The highest BCUT2D eigenvalue weighted by Crippen LogP contribution is 2.27. The van der Waals surface area contributed by atoms with Crippen LogP contribution in [0.1, 0.15) is 27.2 Å². The van der Waals surface area contributed by atoms with Crippen molar-refractivity contribution in [2.75, 3.05) is 46.9 Å². The zero-order chi connectivity index (χ0) is 18.1. The van der Waals surface area contributed by atoms with Crippen LogP contribution in [0.2, 0.25) is 0 Å². The number of aromatic amines is 1. The number of carbonyl (C=O) groups is 1. The summed E-state index contributed by atoms with van der Waals surface area (Å²) < 4.78 is 5.72. The number of amides is 1. The van der Waals surface area contributed by atoms with Crippen molar-refractivity contribution in [3.8, 4) is 0 Å². The molecule has 5 heteroatoms. The fourth-order valence-corrected chi connectivity index (χ4v) is 3.85. The van der Waals surface area contributed by atoms with Crippen molar-refractivity contribution in [1.82, 2.24) is 14.8 Å². The van der Waals surface area contributed by atoms with Crippen LogP contribution in [0.4, 0.5) is 0 Å². The lowest BCUT2D eigenvalue weighted by Gasteiger charge is -2.25. The van der Waals surface area contributed by atoms with Crippen molar-refractivity contribution >= 4 is 16.8 Å². The van der Waals surface area contributed by atoms with Gasteiger partial charge in [-0.2, -0.15) is 0 Å². The Labute approximate surface area is 149 Å². The van der Waals surface area contributed by atoms with Crippen LogP contribution < -0.4 is 0 Å². The largest absolute Gasteiger partial charge is 0.379 e. The van der Waals surface area contributed by atoms with Gasteiger partial charge < -0.3 is 19.5 Å². The number of benzene rings is 1. The standard InChI is InChI=1S/C20H29N3O2/c1-13-8-14(2)18-17(9-13)15(3)19(21-18)20(24)23-6-7-25-12-16(11-23)10-22(4)5/h8-9,16,21H,6-7,10-12H2,1-5H3/t16-/m1/s1. The maximum Gasteiger partial charge on any atom is 0.270 e. The van der Waals surface area contributed by atoms with Gasteiger partial charge in [0.05, 0.1) is 13.2 Å². The van der Waals surface area contributed by atoms with Crippen molar-refractivity contribution in [1.29, 1.82) is 0 Å². The van der Waals surface area contributed by atoms with Crippen LogP contribution in [0.3, 0.4) is 0 Å². The van der Waals surface area contributed by atoms with Crippen LogP contribution in [-0.2, 0) is 4.74 Å². The van der Waals surface area contributed by atoms with Crippen LogP contribution >= 0.6 is 0 Å². The predicted molar refractivity (Wildman–Crippen MR) is 101 cm³/mol. The van der Waals surface area contributed by atoms with Gasteiger partial charge in [-0.15, -0.1) is 0 Å². The third-order valence-electron chi connectivity index (χ3n) is 4.97. The summed E-state index contributed by atoms with van der Waals surface area (Å²) in [6.45, 7) is 9.85. The van der Waals surface area contributed by atoms with E-state index in [4.69, 9.17) is 4.74 Å². The van der Waals surface area contributed by atoms with E-state index >= 15 is 0 Å². The number of carbonyl (C=O) groups excluding carboxylic acids is 1. The summed E-state index contributed by atoms with van der Waals surface area (Å²) in [5.41, 5.74) is 5.24. The molecule has 0 bridgehead atoms. The summed E-state index contributed by atoms with van der Waals surface area (Å²) in [6, 6.07) is 4.31. The van der Waals surface area contributed by atoms with Crippen LogP contribution in [-0.4, -0.2) is 67.6 Å². The van der Waals surface area contributed by atoms with E-state index in [0.29, 0.717) is 31.4 Å². The molecule has 0 radical (unpaired) electrons. The molecule has 1 atom stereocenters. The zero-order valence-corrected chi connectivity index (χ0v) is 16.0. The number of fused-ring (bicyclic) bond motifs is 1. The molecule has 2 aromatic rings. The second-order valence-electron chi connectivity index (χ2n) is 7.58. The van der Waals surface area contributed by atoms with Gasteiger partial charge in [-0.3, -0.25) is 4.79 Å². The monoisotopic (exact) mass is 343 g/mol. The fraction of sp³-hybridized carbons (Fsp3) is 0.550. The second kappa shape index (κ2) is 7.18. The number of hydrogen-bond donors (Lipinski definition) is 1. The first-order valence-corrected chi connectivity index (χ1v) is 8.98. The van der Waals surface area contributed by atoms with Gasteiger partial charge in [0.2, 0.25) is 0 Å². The van der Waals surface area contributed by atoms with Crippen LogP contribution in [0, 0.1) is 26.7 Å². The van der Waals surface area contributed by atoms with E-state index in [-0.39, 0.29) is 5.91 Å². The maximum atomic E-state index is 13.2. The molecule has 1 saturated heterocycles. The molecule has 0 unspecified atom stereocenters. The summed E-state index contributed by atoms with van der Waals surface area (Å²) >= 11 is 0. The average molecular weight is 343 g/mol. The van der Waals surface area contributed by atoms with E-state index in [1.807, 2.05) is 11.8 Å². The van der Waals surface area contributed by atoms with Gasteiger partial charge >= 0.3 is 0 Å². The molecule has 1 fully saturated rings. The van der Waals surface area contributed by atoms with Crippen molar-refractivity contribution in [3.63, 3.8) is 0 Å². The molecule has 25 heavy (non-hydrogen) atoms. The average Bonchev–Trinajstić information content (AvgIpc) is 2.72. The summed E-state index contributed by atoms with van der Waals surface area (Å²) in [6.07, 6.45) is 0. The highest BCUT2D eigenvalue weighted by molar-refractivity contribution is 6.01. The molecule has 1 aromatic heterocycles. The summed E-state index contributed by atoms with van der Waals surface area (Å²) in [7, 11) is 4.12. The van der Waals surface area contributed by atoms with Crippen LogP contribution in [0.25, 0.3) is 10.9 Å². The van der Waals surface area contributed by atoms with Crippen LogP contribution in [0.5, 0.6) is 0 Å². The quantitative estimate of drug-likeness (QED) is 0.932. The van der Waals surface area contributed by atoms with Crippen molar-refractivity contribution in [2.24, 2.45) is 5.92 Å². The van der Waals surface area contributed by atoms with E-state index in [0.717, 1.165) is 29.6 Å². The number of aromatic nitrogens is 1. The van der Waals surface area contributed by atoms with Gasteiger partial charge in [-0.1, -0.05) is 11.6 Å². The first kappa shape index (κ1) is 18.0. The van der Waals surface area contributed by atoms with Crippen molar-refractivity contribution in [3.05, 3.63) is 34.5 Å².